The summed E-state index contributed by atoms with van der Waals surface area (Å²) in [6.45, 7) is 0. The molecule has 10 heteroatoms. The van der Waals surface area contributed by atoms with Crippen molar-refractivity contribution in [3.05, 3.63) is 82.9 Å². The Kier molecular flexibility index (Phi) is 5.48. The fraction of sp³-hybridized carbons (Fsp3) is 0. The van der Waals surface area contributed by atoms with Crippen LogP contribution >= 0.6 is 23.2 Å². The maximum Gasteiger partial charge on any atom is 0.250 e. The molecule has 0 radical (unpaired) electrons. The van der Waals surface area contributed by atoms with Crippen LogP contribution in [0.4, 0.5) is 11.6 Å². The number of hydrogen-bond donors (Lipinski definition) is 2. The highest BCUT2D eigenvalue weighted by Crippen LogP contribution is 2.40. The lowest BCUT2D eigenvalue weighted by Crippen LogP contribution is -2.00. The van der Waals surface area contributed by atoms with Gasteiger partial charge in [0.15, 0.2) is 11.4 Å². The molecule has 0 aliphatic carbocycles. The summed E-state index contributed by atoms with van der Waals surface area (Å²) >= 11 is 13.0. The number of halogens is 2. The molecule has 160 valence electrons. The summed E-state index contributed by atoms with van der Waals surface area (Å²) < 4.78 is 6.04. The molecule has 0 spiro atoms. The molecule has 8 nitrogen and oxygen atoms in total. The minimum Gasteiger partial charge on any atom is -0.434 e. The van der Waals surface area contributed by atoms with E-state index in [0.29, 0.717) is 32.5 Å². The zero-order chi connectivity index (χ0) is 22.8. The van der Waals surface area contributed by atoms with Crippen LogP contribution in [0.2, 0.25) is 10.0 Å². The summed E-state index contributed by atoms with van der Waals surface area (Å²) in [5, 5.41) is 12.7. The van der Waals surface area contributed by atoms with E-state index < -0.39 is 0 Å². The van der Waals surface area contributed by atoms with E-state index in [0.717, 1.165) is 11.1 Å². The van der Waals surface area contributed by atoms with Gasteiger partial charge >= 0.3 is 0 Å². The second-order valence-corrected chi connectivity index (χ2v) is 7.69. The second kappa shape index (κ2) is 8.74. The predicted octanol–water partition coefficient (Wildman–Crippen LogP) is 6.13. The average Bonchev–Trinajstić information content (AvgIpc) is 3.31. The fourth-order valence-corrected chi connectivity index (χ4v) is 3.72. The molecule has 0 bridgehead atoms. The lowest BCUT2D eigenvalue weighted by Gasteiger charge is -2.13. The fourth-order valence-electron chi connectivity index (χ4n) is 3.16. The zero-order valence-corrected chi connectivity index (χ0v) is 18.3. The number of rotatable bonds is 5. The van der Waals surface area contributed by atoms with Gasteiger partial charge in [0, 0.05) is 18.1 Å². The minimum absolute atomic E-state index is 0.203. The van der Waals surface area contributed by atoms with Gasteiger partial charge in [-0.05, 0) is 59.7 Å². The van der Waals surface area contributed by atoms with Crippen LogP contribution in [0.15, 0.2) is 67.3 Å². The van der Waals surface area contributed by atoms with E-state index in [-0.39, 0.29) is 17.6 Å². The number of anilines is 2. The van der Waals surface area contributed by atoms with E-state index in [2.05, 4.69) is 36.3 Å². The number of hydrogen-bond acceptors (Lipinski definition) is 7. The summed E-state index contributed by atoms with van der Waals surface area (Å²) in [7, 11) is 0. The molecule has 5 rings (SSSR count). The monoisotopic (exact) mass is 473 g/mol. The van der Waals surface area contributed by atoms with Crippen LogP contribution in [0.1, 0.15) is 5.56 Å². The molecule has 0 aliphatic heterocycles. The van der Waals surface area contributed by atoms with Crippen LogP contribution in [0.3, 0.4) is 0 Å². The molecule has 0 atom stereocenters. The normalized spacial score (nSPS) is 10.7. The largest absolute Gasteiger partial charge is 0.434 e. The third-order valence-corrected chi connectivity index (χ3v) is 5.29. The van der Waals surface area contributed by atoms with Gasteiger partial charge in [-0.2, -0.15) is 15.2 Å². The van der Waals surface area contributed by atoms with Crippen molar-refractivity contribution in [2.24, 2.45) is 0 Å². The minimum atomic E-state index is 0.203. The van der Waals surface area contributed by atoms with Gasteiger partial charge in [-0.15, -0.1) is 0 Å². The quantitative estimate of drug-likeness (QED) is 0.315. The van der Waals surface area contributed by atoms with Crippen LogP contribution in [0.5, 0.6) is 11.6 Å². The van der Waals surface area contributed by atoms with Crippen molar-refractivity contribution in [1.82, 2.24) is 24.9 Å². The third kappa shape index (κ3) is 4.28. The van der Waals surface area contributed by atoms with E-state index in [1.807, 2.05) is 12.1 Å². The van der Waals surface area contributed by atoms with Crippen LogP contribution in [-0.2, 0) is 0 Å². The van der Waals surface area contributed by atoms with E-state index in [1.54, 1.807) is 48.8 Å². The molecule has 0 saturated carbocycles. The first-order chi connectivity index (χ1) is 16.1. The molecule has 0 unspecified atom stereocenters. The van der Waals surface area contributed by atoms with E-state index in [4.69, 9.17) is 33.2 Å². The molecule has 0 amide bonds. The van der Waals surface area contributed by atoms with Crippen LogP contribution < -0.4 is 10.1 Å². The second-order valence-electron chi connectivity index (χ2n) is 6.87. The molecule has 0 aliphatic rings. The van der Waals surface area contributed by atoms with Gasteiger partial charge < -0.3 is 15.0 Å². The number of nitriles is 1. The first-order valence-electron chi connectivity index (χ1n) is 9.66. The van der Waals surface area contributed by atoms with Crippen molar-refractivity contribution in [1.29, 1.82) is 5.26 Å². The Morgan fingerprint density at radius 1 is 0.939 bits per heavy atom. The molecule has 5 aromatic rings. The summed E-state index contributed by atoms with van der Waals surface area (Å²) in [6, 6.07) is 16.2. The highest BCUT2D eigenvalue weighted by molar-refractivity contribution is 6.37. The Morgan fingerprint density at radius 3 is 2.36 bits per heavy atom. The summed E-state index contributed by atoms with van der Waals surface area (Å²) in [5.74, 6) is 0.721. The van der Waals surface area contributed by atoms with Crippen molar-refractivity contribution in [3.63, 3.8) is 0 Å². The first kappa shape index (κ1) is 20.7. The lowest BCUT2D eigenvalue weighted by molar-refractivity contribution is 0.468. The summed E-state index contributed by atoms with van der Waals surface area (Å²) in [6.07, 6.45) is 4.88. The number of pyridine rings is 1. The zero-order valence-electron chi connectivity index (χ0n) is 16.8. The third-order valence-electron chi connectivity index (χ3n) is 4.73. The maximum atomic E-state index is 8.97. The van der Waals surface area contributed by atoms with Gasteiger partial charge in [0.05, 0.1) is 28.0 Å². The van der Waals surface area contributed by atoms with Crippen molar-refractivity contribution >= 4 is 46.0 Å². The molecular weight excluding hydrogens is 461 g/mol. The standard InChI is InChI=1S/C23H13Cl2N7O/c24-17-9-15(14-5-7-27-8-6-14)10-18(25)20(17)33-22-19-21(29-12-28-19)31-23(32-22)30-16-3-1-13(11-26)2-4-16/h1-10,12H,(H2,28,29,30,31,32). The smallest absolute Gasteiger partial charge is 0.250 e. The number of H-pyrrole nitrogens is 1. The number of imidazole rings is 1. The van der Waals surface area contributed by atoms with Gasteiger partial charge in [0.1, 0.15) is 5.52 Å². The number of aromatic nitrogens is 5. The summed E-state index contributed by atoms with van der Waals surface area (Å²) in [4.78, 5) is 20.1. The Balaban J connectivity index is 1.50. The van der Waals surface area contributed by atoms with Crippen molar-refractivity contribution in [2.75, 3.05) is 5.32 Å². The number of benzene rings is 2. The number of nitrogens with one attached hydrogen (secondary N) is 2. The van der Waals surface area contributed by atoms with Crippen LogP contribution in [0, 0.1) is 11.3 Å². The molecule has 33 heavy (non-hydrogen) atoms. The number of aromatic amines is 1. The first-order valence-corrected chi connectivity index (χ1v) is 10.4. The highest BCUT2D eigenvalue weighted by Gasteiger charge is 2.17. The number of nitrogens with zero attached hydrogens (tertiary/aromatic N) is 5. The van der Waals surface area contributed by atoms with Gasteiger partial charge in [0.25, 0.3) is 5.88 Å². The molecule has 2 N–H and O–H groups in total. The molecule has 3 heterocycles. The molecule has 2 aromatic carbocycles. The van der Waals surface area contributed by atoms with Crippen molar-refractivity contribution in [3.8, 4) is 28.8 Å². The van der Waals surface area contributed by atoms with E-state index in [1.165, 1.54) is 6.33 Å². The molecule has 3 aromatic heterocycles. The average molecular weight is 474 g/mol. The lowest BCUT2D eigenvalue weighted by atomic mass is 10.1. The molecule has 0 fully saturated rings. The number of ether oxygens (including phenoxy) is 1. The van der Waals surface area contributed by atoms with Gasteiger partial charge in [0.2, 0.25) is 5.95 Å². The molecular formula is C23H13Cl2N7O. The van der Waals surface area contributed by atoms with E-state index in [9.17, 15) is 0 Å². The highest BCUT2D eigenvalue weighted by atomic mass is 35.5. The summed E-state index contributed by atoms with van der Waals surface area (Å²) in [5.41, 5.74) is 3.90. The topological polar surface area (TPSA) is 112 Å². The van der Waals surface area contributed by atoms with Crippen LogP contribution in [0.25, 0.3) is 22.3 Å². The SMILES string of the molecule is N#Cc1ccc(Nc2nc(Oc3c(Cl)cc(-c4ccncc4)cc3Cl)c3[nH]cnc3n2)cc1. The van der Waals surface area contributed by atoms with Gasteiger partial charge in [-0.3, -0.25) is 4.98 Å². The van der Waals surface area contributed by atoms with Crippen LogP contribution in [-0.4, -0.2) is 24.9 Å². The Labute approximate surface area is 197 Å². The van der Waals surface area contributed by atoms with Gasteiger partial charge in [-0.25, -0.2) is 4.98 Å². The van der Waals surface area contributed by atoms with Gasteiger partial charge in [-0.1, -0.05) is 23.2 Å². The Bertz CT molecular complexity index is 1470. The predicted molar refractivity (Wildman–Crippen MR) is 126 cm³/mol. The van der Waals surface area contributed by atoms with Crippen molar-refractivity contribution < 1.29 is 4.74 Å². The molecule has 0 saturated heterocycles. The van der Waals surface area contributed by atoms with Crippen molar-refractivity contribution in [2.45, 2.75) is 0 Å². The maximum absolute atomic E-state index is 8.97. The Morgan fingerprint density at radius 2 is 1.67 bits per heavy atom. The van der Waals surface area contributed by atoms with E-state index >= 15 is 0 Å². The Hall–Kier alpha value is -4.19. The number of fused-ring (bicyclic) bond motifs is 1.